The van der Waals surface area contributed by atoms with E-state index in [1.807, 2.05) is 138 Å². The first-order valence-electron chi connectivity index (χ1n) is 19.9. The van der Waals surface area contributed by atoms with Crippen molar-refractivity contribution in [3.63, 3.8) is 0 Å². The second-order valence-corrected chi connectivity index (χ2v) is 14.8. The van der Waals surface area contributed by atoms with Gasteiger partial charge in [0.2, 0.25) is 0 Å². The smallest absolute Gasteiger partial charge is 0.308 e. The summed E-state index contributed by atoms with van der Waals surface area (Å²) in [5.74, 6) is 0.606. The fourth-order valence-corrected chi connectivity index (χ4v) is 7.94. The molecule has 0 saturated carbocycles. The Morgan fingerprint density at radius 2 is 0.778 bits per heavy atom. The van der Waals surface area contributed by atoms with E-state index in [9.17, 15) is 10.5 Å². The number of benzene rings is 7. The zero-order chi connectivity index (χ0) is 43.1. The molecule has 10 aromatic rings. The largest absolute Gasteiger partial charge is 0.416 e. The van der Waals surface area contributed by atoms with Crippen LogP contribution >= 0.6 is 0 Å². The lowest BCUT2D eigenvalue weighted by Crippen LogP contribution is -2.10. The van der Waals surface area contributed by atoms with Crippen molar-refractivity contribution in [2.24, 2.45) is 0 Å². The van der Waals surface area contributed by atoms with Gasteiger partial charge in [0, 0.05) is 44.2 Å². The zero-order valence-corrected chi connectivity index (χ0v) is 33.1. The van der Waals surface area contributed by atoms with Gasteiger partial charge < -0.3 is 4.57 Å². The second kappa shape index (κ2) is 15.7. The summed E-state index contributed by atoms with van der Waals surface area (Å²) in [7, 11) is 0. The third-order valence-electron chi connectivity index (χ3n) is 10.9. The average Bonchev–Trinajstić information content (AvgIpc) is 3.66. The minimum absolute atomic E-state index is 0.112. The average molecular weight is 822 g/mol. The summed E-state index contributed by atoms with van der Waals surface area (Å²) in [6, 6.07) is 57.9. The molecule has 0 fully saturated rings. The van der Waals surface area contributed by atoms with Gasteiger partial charge in [0.15, 0.2) is 11.6 Å². The van der Waals surface area contributed by atoms with Crippen LogP contribution in [0.3, 0.4) is 0 Å². The lowest BCUT2D eigenvalue weighted by molar-refractivity contribution is -0.137. The van der Waals surface area contributed by atoms with Crippen molar-refractivity contribution in [3.05, 3.63) is 199 Å². The summed E-state index contributed by atoms with van der Waals surface area (Å²) in [6.07, 6.45) is -4.82. The number of alkyl halides is 3. The standard InChI is InChI=1S/C53H30F3N7/c54-53(55,56)39-27-42(46-29-44(35-13-5-1-6-14-35)59-51(61-46)37-17-9-3-10-18-37)50(63-48-25-33(31-57)21-23-40(48)41-24-22-34(32-58)26-49(41)63)43(28-39)47-30-45(36-15-7-2-8-16-36)60-52(62-47)38-19-11-4-12-20-38/h1-30H. The van der Waals surface area contributed by atoms with Crippen LogP contribution in [-0.2, 0) is 6.18 Å². The molecule has 7 aromatic carbocycles. The van der Waals surface area contributed by atoms with Crippen molar-refractivity contribution in [3.8, 4) is 85.6 Å². The minimum atomic E-state index is -4.82. The lowest BCUT2D eigenvalue weighted by atomic mass is 9.95. The molecular weight excluding hydrogens is 792 g/mol. The van der Waals surface area contributed by atoms with E-state index in [1.54, 1.807) is 36.4 Å². The van der Waals surface area contributed by atoms with E-state index < -0.39 is 11.7 Å². The van der Waals surface area contributed by atoms with E-state index in [1.165, 1.54) is 0 Å². The van der Waals surface area contributed by atoms with E-state index in [4.69, 9.17) is 19.9 Å². The molecule has 298 valence electrons. The Hall–Kier alpha value is -8.73. The quantitative estimate of drug-likeness (QED) is 0.159. The third-order valence-corrected chi connectivity index (χ3v) is 10.9. The predicted octanol–water partition coefficient (Wildman–Crippen LogP) is 13.1. The molecule has 10 heteroatoms. The molecule has 0 aliphatic carbocycles. The van der Waals surface area contributed by atoms with Crippen LogP contribution in [0.5, 0.6) is 0 Å². The van der Waals surface area contributed by atoms with Crippen LogP contribution < -0.4 is 0 Å². The summed E-state index contributed by atoms with van der Waals surface area (Å²) in [4.78, 5) is 20.0. The van der Waals surface area contributed by atoms with Gasteiger partial charge in [0.25, 0.3) is 0 Å². The molecule has 3 heterocycles. The summed E-state index contributed by atoms with van der Waals surface area (Å²) in [5, 5.41) is 21.8. The van der Waals surface area contributed by atoms with Gasteiger partial charge in [-0.1, -0.05) is 133 Å². The molecule has 0 aliphatic rings. The van der Waals surface area contributed by atoms with E-state index in [0.29, 0.717) is 62.0 Å². The van der Waals surface area contributed by atoms with Crippen LogP contribution in [0, 0.1) is 22.7 Å². The lowest BCUT2D eigenvalue weighted by Gasteiger charge is -2.22. The van der Waals surface area contributed by atoms with Crippen molar-refractivity contribution < 1.29 is 13.2 Å². The Bertz CT molecular complexity index is 3110. The topological polar surface area (TPSA) is 104 Å². The van der Waals surface area contributed by atoms with Crippen molar-refractivity contribution in [2.45, 2.75) is 6.18 Å². The van der Waals surface area contributed by atoms with E-state index >= 15 is 13.2 Å². The Morgan fingerprint density at radius 1 is 0.413 bits per heavy atom. The van der Waals surface area contributed by atoms with E-state index in [0.717, 1.165) is 34.0 Å². The molecule has 0 bridgehead atoms. The van der Waals surface area contributed by atoms with Crippen molar-refractivity contribution in [1.82, 2.24) is 24.5 Å². The molecule has 0 saturated heterocycles. The maximum atomic E-state index is 15.6. The summed E-state index contributed by atoms with van der Waals surface area (Å²) >= 11 is 0. The van der Waals surface area contributed by atoms with Crippen molar-refractivity contribution in [2.75, 3.05) is 0 Å². The molecule has 0 radical (unpaired) electrons. The first kappa shape index (κ1) is 38.5. The summed E-state index contributed by atoms with van der Waals surface area (Å²) in [6.45, 7) is 0. The highest BCUT2D eigenvalue weighted by molar-refractivity contribution is 6.11. The molecule has 0 N–H and O–H groups in total. The molecule has 7 nitrogen and oxygen atoms in total. The summed E-state index contributed by atoms with van der Waals surface area (Å²) < 4.78 is 48.6. The fraction of sp³-hybridized carbons (Fsp3) is 0.0189. The Morgan fingerprint density at radius 3 is 1.14 bits per heavy atom. The number of nitriles is 2. The number of halogens is 3. The molecule has 3 aromatic heterocycles. The number of fused-ring (bicyclic) bond motifs is 3. The van der Waals surface area contributed by atoms with Crippen molar-refractivity contribution >= 4 is 21.8 Å². The first-order chi connectivity index (χ1) is 30.7. The van der Waals surface area contributed by atoms with Gasteiger partial charge in [0.05, 0.1) is 68.3 Å². The van der Waals surface area contributed by atoms with Gasteiger partial charge in [-0.25, -0.2) is 19.9 Å². The third kappa shape index (κ3) is 7.22. The van der Waals surface area contributed by atoms with Crippen LogP contribution in [-0.4, -0.2) is 24.5 Å². The predicted molar refractivity (Wildman–Crippen MR) is 239 cm³/mol. The fourth-order valence-electron chi connectivity index (χ4n) is 7.94. The zero-order valence-electron chi connectivity index (χ0n) is 33.1. The SMILES string of the molecule is N#Cc1ccc2c3ccc(C#N)cc3n(-c3c(-c4cc(-c5ccccc5)nc(-c5ccccc5)n4)cc(C(F)(F)F)cc3-c3cc(-c4ccccc4)nc(-c4ccccc4)n3)c2c1. The van der Waals surface area contributed by atoms with Crippen LogP contribution in [0.25, 0.3) is 95.3 Å². The van der Waals surface area contributed by atoms with E-state index in [2.05, 4.69) is 12.1 Å². The Balaban J connectivity index is 1.41. The molecule has 0 atom stereocenters. The van der Waals surface area contributed by atoms with Gasteiger partial charge in [0.1, 0.15) is 0 Å². The first-order valence-corrected chi connectivity index (χ1v) is 19.9. The van der Waals surface area contributed by atoms with E-state index in [-0.39, 0.29) is 22.5 Å². The van der Waals surface area contributed by atoms with Gasteiger partial charge in [-0.2, -0.15) is 23.7 Å². The molecule has 10 rings (SSSR count). The van der Waals surface area contributed by atoms with Gasteiger partial charge in [-0.3, -0.25) is 0 Å². The molecular formula is C53H30F3N7. The number of nitrogens with zero attached hydrogens (tertiary/aromatic N) is 7. The summed E-state index contributed by atoms with van der Waals surface area (Å²) in [5.41, 5.74) is 5.49. The Kier molecular flexibility index (Phi) is 9.59. The number of aromatic nitrogens is 5. The highest BCUT2D eigenvalue weighted by atomic mass is 19.4. The molecule has 63 heavy (non-hydrogen) atoms. The Labute approximate surface area is 359 Å². The monoisotopic (exact) mass is 821 g/mol. The highest BCUT2D eigenvalue weighted by Crippen LogP contribution is 2.46. The van der Waals surface area contributed by atoms with Gasteiger partial charge in [-0.05, 0) is 48.5 Å². The minimum Gasteiger partial charge on any atom is -0.308 e. The number of hydrogen-bond acceptors (Lipinski definition) is 6. The second-order valence-electron chi connectivity index (χ2n) is 14.8. The maximum Gasteiger partial charge on any atom is 0.416 e. The van der Waals surface area contributed by atoms with Crippen LogP contribution in [0.1, 0.15) is 16.7 Å². The molecule has 0 aliphatic heterocycles. The number of rotatable bonds is 7. The van der Waals surface area contributed by atoms with Crippen LogP contribution in [0.4, 0.5) is 13.2 Å². The highest BCUT2D eigenvalue weighted by Gasteiger charge is 2.35. The molecule has 0 amide bonds. The molecule has 0 spiro atoms. The van der Waals surface area contributed by atoms with Gasteiger partial charge in [-0.15, -0.1) is 0 Å². The van der Waals surface area contributed by atoms with Gasteiger partial charge >= 0.3 is 6.18 Å². The van der Waals surface area contributed by atoms with Crippen molar-refractivity contribution in [1.29, 1.82) is 10.5 Å². The van der Waals surface area contributed by atoms with Crippen LogP contribution in [0.2, 0.25) is 0 Å². The number of hydrogen-bond donors (Lipinski definition) is 0. The van der Waals surface area contributed by atoms with Crippen LogP contribution in [0.15, 0.2) is 182 Å². The molecule has 0 unspecified atom stereocenters. The normalized spacial score (nSPS) is 11.4. The maximum absolute atomic E-state index is 15.6.